The Balaban J connectivity index is 1.62. The highest BCUT2D eigenvalue weighted by molar-refractivity contribution is 5.75. The zero-order valence-electron chi connectivity index (χ0n) is 11.1. The van der Waals surface area contributed by atoms with Gasteiger partial charge in [-0.25, -0.2) is 0 Å². The minimum Gasteiger partial charge on any atom is -0.396 e. The third-order valence-electron chi connectivity index (χ3n) is 4.28. The number of hydrogen-bond donors (Lipinski definition) is 2. The number of nitrogens with one attached hydrogen (secondary N) is 1. The summed E-state index contributed by atoms with van der Waals surface area (Å²) in [6.07, 6.45) is 5.75. The second-order valence-corrected chi connectivity index (χ2v) is 5.44. The molecule has 2 heterocycles. The first-order valence-corrected chi connectivity index (χ1v) is 7.05. The van der Waals surface area contributed by atoms with Crippen molar-refractivity contribution >= 4 is 5.90 Å². The zero-order chi connectivity index (χ0) is 12.8. The van der Waals surface area contributed by atoms with Crippen LogP contribution < -0.4 is 5.90 Å². The Morgan fingerprint density at radius 2 is 1.89 bits per heavy atom. The Bertz CT molecular complexity index is 259. The van der Waals surface area contributed by atoms with Crippen LogP contribution in [0.4, 0.5) is 0 Å². The fourth-order valence-electron chi connectivity index (χ4n) is 2.92. The maximum absolute atomic E-state index is 7.58. The predicted molar refractivity (Wildman–Crippen MR) is 70.3 cm³/mol. The van der Waals surface area contributed by atoms with E-state index >= 15 is 0 Å². The van der Waals surface area contributed by atoms with E-state index in [1.165, 1.54) is 25.8 Å². The van der Waals surface area contributed by atoms with Crippen molar-refractivity contribution in [1.82, 2.24) is 4.90 Å². The summed E-state index contributed by atoms with van der Waals surface area (Å²) in [5.41, 5.74) is 0. The van der Waals surface area contributed by atoms with E-state index in [4.69, 9.17) is 16.0 Å². The third-order valence-corrected chi connectivity index (χ3v) is 4.28. The van der Waals surface area contributed by atoms with E-state index in [1.54, 1.807) is 0 Å². The quantitative estimate of drug-likeness (QED) is 0.452. The normalized spacial score (nSPS) is 24.1. The van der Waals surface area contributed by atoms with E-state index in [0.717, 1.165) is 45.1 Å². The SMILES string of the molecule is N=C(ON)C1CCN(CCC2CCOCC2)CC1. The number of nitrogens with two attached hydrogens (primary N) is 1. The second-order valence-electron chi connectivity index (χ2n) is 5.44. The molecule has 0 saturated carbocycles. The van der Waals surface area contributed by atoms with Gasteiger partial charge in [-0.3, -0.25) is 5.41 Å². The summed E-state index contributed by atoms with van der Waals surface area (Å²) < 4.78 is 5.38. The van der Waals surface area contributed by atoms with Crippen molar-refractivity contribution in [3.63, 3.8) is 0 Å². The van der Waals surface area contributed by atoms with Gasteiger partial charge in [0.05, 0.1) is 0 Å². The van der Waals surface area contributed by atoms with E-state index < -0.39 is 0 Å². The van der Waals surface area contributed by atoms with Crippen LogP contribution in [0.15, 0.2) is 0 Å². The maximum atomic E-state index is 7.58. The fraction of sp³-hybridized carbons (Fsp3) is 0.923. The molecule has 104 valence electrons. The van der Waals surface area contributed by atoms with Gasteiger partial charge < -0.3 is 14.5 Å². The van der Waals surface area contributed by atoms with Gasteiger partial charge in [-0.05, 0) is 57.7 Å². The van der Waals surface area contributed by atoms with Crippen molar-refractivity contribution < 1.29 is 9.57 Å². The predicted octanol–water partition coefficient (Wildman–Crippen LogP) is 1.38. The number of likely N-dealkylation sites (tertiary alicyclic amines) is 1. The molecule has 0 aromatic heterocycles. The summed E-state index contributed by atoms with van der Waals surface area (Å²) in [5.74, 6) is 6.37. The topological polar surface area (TPSA) is 71.6 Å². The molecule has 0 aromatic carbocycles. The largest absolute Gasteiger partial charge is 0.396 e. The van der Waals surface area contributed by atoms with Crippen molar-refractivity contribution in [3.8, 4) is 0 Å². The lowest BCUT2D eigenvalue weighted by molar-refractivity contribution is 0.0585. The Hall–Kier alpha value is -0.650. The number of rotatable bonds is 4. The molecule has 2 aliphatic rings. The fourth-order valence-corrected chi connectivity index (χ4v) is 2.92. The Morgan fingerprint density at radius 3 is 2.50 bits per heavy atom. The van der Waals surface area contributed by atoms with Crippen molar-refractivity contribution in [2.24, 2.45) is 17.7 Å². The van der Waals surface area contributed by atoms with Gasteiger partial charge in [-0.2, -0.15) is 5.90 Å². The van der Waals surface area contributed by atoms with E-state index in [1.807, 2.05) is 0 Å². The van der Waals surface area contributed by atoms with Crippen LogP contribution in [-0.2, 0) is 9.57 Å². The average Bonchev–Trinajstić information content (AvgIpc) is 2.46. The van der Waals surface area contributed by atoms with Gasteiger partial charge in [0.1, 0.15) is 0 Å². The third kappa shape index (κ3) is 3.93. The Morgan fingerprint density at radius 1 is 1.22 bits per heavy atom. The van der Waals surface area contributed by atoms with Gasteiger partial charge >= 0.3 is 0 Å². The van der Waals surface area contributed by atoms with Crippen LogP contribution in [0.25, 0.3) is 0 Å². The van der Waals surface area contributed by atoms with Gasteiger partial charge in [0.25, 0.3) is 0 Å². The van der Waals surface area contributed by atoms with E-state index in [2.05, 4.69) is 9.74 Å². The molecule has 18 heavy (non-hydrogen) atoms. The molecule has 2 saturated heterocycles. The molecule has 2 fully saturated rings. The molecule has 0 aliphatic carbocycles. The van der Waals surface area contributed by atoms with Gasteiger partial charge in [0.15, 0.2) is 0 Å². The molecule has 0 unspecified atom stereocenters. The van der Waals surface area contributed by atoms with Crippen LogP contribution in [0.5, 0.6) is 0 Å². The molecule has 0 aromatic rings. The monoisotopic (exact) mass is 255 g/mol. The molecule has 0 spiro atoms. The molecule has 5 nitrogen and oxygen atoms in total. The van der Waals surface area contributed by atoms with Crippen LogP contribution in [0.1, 0.15) is 32.1 Å². The van der Waals surface area contributed by atoms with Crippen molar-refractivity contribution in [2.75, 3.05) is 32.8 Å². The lowest BCUT2D eigenvalue weighted by atomic mass is 9.94. The van der Waals surface area contributed by atoms with Crippen LogP contribution in [0.2, 0.25) is 0 Å². The molecule has 5 heteroatoms. The van der Waals surface area contributed by atoms with Crippen LogP contribution >= 0.6 is 0 Å². The first-order valence-electron chi connectivity index (χ1n) is 7.05. The Kier molecular flexibility index (Phi) is 5.41. The van der Waals surface area contributed by atoms with Crippen molar-refractivity contribution in [1.29, 1.82) is 5.41 Å². The summed E-state index contributed by atoms with van der Waals surface area (Å²) in [4.78, 5) is 7.04. The van der Waals surface area contributed by atoms with Crippen LogP contribution in [0, 0.1) is 17.2 Å². The van der Waals surface area contributed by atoms with E-state index in [-0.39, 0.29) is 11.8 Å². The summed E-state index contributed by atoms with van der Waals surface area (Å²) in [5, 5.41) is 7.58. The molecule has 0 radical (unpaired) electrons. The second kappa shape index (κ2) is 7.07. The van der Waals surface area contributed by atoms with Crippen molar-refractivity contribution in [2.45, 2.75) is 32.1 Å². The zero-order valence-corrected chi connectivity index (χ0v) is 11.1. The minimum atomic E-state index is 0.231. The van der Waals surface area contributed by atoms with Gasteiger partial charge in [-0.1, -0.05) is 0 Å². The highest BCUT2D eigenvalue weighted by atomic mass is 16.6. The summed E-state index contributed by atoms with van der Waals surface area (Å²) in [6.45, 7) is 5.21. The number of hydrogen-bond acceptors (Lipinski definition) is 5. The molecule has 0 bridgehead atoms. The molecule has 2 aliphatic heterocycles. The standard InChI is InChI=1S/C13H25N3O2/c14-13(18-15)12-2-7-16(8-3-12)6-1-11-4-9-17-10-5-11/h11-12,14H,1-10,15H2. The molecule has 0 atom stereocenters. The van der Waals surface area contributed by atoms with Crippen LogP contribution in [0.3, 0.4) is 0 Å². The van der Waals surface area contributed by atoms with E-state index in [9.17, 15) is 0 Å². The number of piperidine rings is 1. The Labute approximate surface area is 109 Å². The molecular formula is C13H25N3O2. The summed E-state index contributed by atoms with van der Waals surface area (Å²) in [6, 6.07) is 0. The minimum absolute atomic E-state index is 0.231. The number of nitrogens with zero attached hydrogens (tertiary/aromatic N) is 1. The molecular weight excluding hydrogens is 230 g/mol. The summed E-state index contributed by atoms with van der Waals surface area (Å²) in [7, 11) is 0. The average molecular weight is 255 g/mol. The first kappa shape index (κ1) is 13.8. The molecule has 3 N–H and O–H groups in total. The van der Waals surface area contributed by atoms with Crippen molar-refractivity contribution in [3.05, 3.63) is 0 Å². The lowest BCUT2D eigenvalue weighted by Crippen LogP contribution is -2.38. The summed E-state index contributed by atoms with van der Waals surface area (Å²) >= 11 is 0. The van der Waals surface area contributed by atoms with Gasteiger partial charge in [-0.15, -0.1) is 0 Å². The highest BCUT2D eigenvalue weighted by Crippen LogP contribution is 2.22. The van der Waals surface area contributed by atoms with Gasteiger partial charge in [0, 0.05) is 19.1 Å². The molecule has 2 rings (SSSR count). The smallest absolute Gasteiger partial charge is 0.209 e. The number of ether oxygens (including phenoxy) is 1. The van der Waals surface area contributed by atoms with Crippen LogP contribution in [-0.4, -0.2) is 43.6 Å². The lowest BCUT2D eigenvalue weighted by Gasteiger charge is -2.32. The highest BCUT2D eigenvalue weighted by Gasteiger charge is 2.24. The van der Waals surface area contributed by atoms with Gasteiger partial charge in [0.2, 0.25) is 5.90 Å². The maximum Gasteiger partial charge on any atom is 0.209 e. The van der Waals surface area contributed by atoms with E-state index in [0.29, 0.717) is 0 Å². The molecule has 0 amide bonds. The first-order chi connectivity index (χ1) is 8.79.